The Morgan fingerprint density at radius 3 is 2.52 bits per heavy atom. The lowest BCUT2D eigenvalue weighted by atomic mass is 9.69. The minimum absolute atomic E-state index is 0.124. The summed E-state index contributed by atoms with van der Waals surface area (Å²) >= 11 is 0. The zero-order valence-electron chi connectivity index (χ0n) is 13.7. The maximum Gasteiger partial charge on any atom is 0.0326 e. The van der Waals surface area contributed by atoms with E-state index in [1.165, 1.54) is 27.9 Å². The molecule has 0 aromatic heterocycles. The highest BCUT2D eigenvalue weighted by molar-refractivity contribution is 5.75. The van der Waals surface area contributed by atoms with Gasteiger partial charge in [-0.3, -0.25) is 0 Å². The fraction of sp³-hybridized carbons (Fsp3) is 0.300. The van der Waals surface area contributed by atoms with E-state index in [0.29, 0.717) is 5.70 Å². The van der Waals surface area contributed by atoms with E-state index in [-0.39, 0.29) is 5.41 Å². The van der Waals surface area contributed by atoms with Gasteiger partial charge in [-0.2, -0.15) is 0 Å². The first-order valence-corrected chi connectivity index (χ1v) is 7.45. The Hall–Kier alpha value is -2.02. The van der Waals surface area contributed by atoms with Crippen molar-refractivity contribution in [2.45, 2.75) is 34.6 Å². The largest absolute Gasteiger partial charge is 0.399 e. The standard InChI is InChI=1S/C20H25N/c1-7-10-16-14(4)18(15(5)21)19-17(16)11-9-12-20(19,6)13(3)8-2/h7-12H,5,21H2,1-4,6H3/b10-7-,13-8+. The van der Waals surface area contributed by atoms with Crippen LogP contribution in [0, 0.1) is 5.41 Å². The average molecular weight is 279 g/mol. The Bertz CT molecular complexity index is 675. The Balaban J connectivity index is 2.79. The van der Waals surface area contributed by atoms with Gasteiger partial charge < -0.3 is 5.73 Å². The molecule has 1 unspecified atom stereocenters. The van der Waals surface area contributed by atoms with E-state index >= 15 is 0 Å². The summed E-state index contributed by atoms with van der Waals surface area (Å²) in [5.41, 5.74) is 14.1. The van der Waals surface area contributed by atoms with Crippen molar-refractivity contribution in [3.05, 3.63) is 82.2 Å². The third-order valence-corrected chi connectivity index (χ3v) is 4.71. The summed E-state index contributed by atoms with van der Waals surface area (Å²) < 4.78 is 0. The van der Waals surface area contributed by atoms with E-state index in [0.717, 1.165) is 5.57 Å². The van der Waals surface area contributed by atoms with Crippen LogP contribution in [-0.2, 0) is 0 Å². The summed E-state index contributed by atoms with van der Waals surface area (Å²) in [7, 11) is 0. The van der Waals surface area contributed by atoms with Crippen LogP contribution < -0.4 is 5.73 Å². The van der Waals surface area contributed by atoms with Gasteiger partial charge in [0, 0.05) is 16.7 Å². The summed E-state index contributed by atoms with van der Waals surface area (Å²) in [6.45, 7) is 14.7. The van der Waals surface area contributed by atoms with Gasteiger partial charge >= 0.3 is 0 Å². The number of fused-ring (bicyclic) bond motifs is 1. The maximum absolute atomic E-state index is 6.13. The summed E-state index contributed by atoms with van der Waals surface area (Å²) in [5, 5.41) is 0. The van der Waals surface area contributed by atoms with E-state index in [1.54, 1.807) is 0 Å². The molecule has 0 heterocycles. The van der Waals surface area contributed by atoms with Crippen molar-refractivity contribution in [2.75, 3.05) is 0 Å². The maximum atomic E-state index is 6.13. The molecule has 0 amide bonds. The van der Waals surface area contributed by atoms with Crippen LogP contribution in [0.15, 0.2) is 82.2 Å². The lowest BCUT2D eigenvalue weighted by Gasteiger charge is -2.34. The molecule has 2 rings (SSSR count). The highest BCUT2D eigenvalue weighted by Crippen LogP contribution is 2.53. The number of nitrogens with two attached hydrogens (primary N) is 1. The first-order valence-electron chi connectivity index (χ1n) is 7.45. The van der Waals surface area contributed by atoms with Crippen molar-refractivity contribution in [3.63, 3.8) is 0 Å². The molecule has 2 aliphatic rings. The summed E-state index contributed by atoms with van der Waals surface area (Å²) in [6, 6.07) is 0. The SMILES string of the molecule is C=C(N)C1=C2C(=CC=CC2(C)/C(C)=C/C)C(/C=C\C)=C1C. The highest BCUT2D eigenvalue weighted by Gasteiger charge is 2.39. The summed E-state index contributed by atoms with van der Waals surface area (Å²) in [5.74, 6) is 0. The molecule has 1 heteroatoms. The molecule has 0 spiro atoms. The van der Waals surface area contributed by atoms with Crippen LogP contribution in [0.5, 0.6) is 0 Å². The average Bonchev–Trinajstić information content (AvgIpc) is 2.73. The number of hydrogen-bond acceptors (Lipinski definition) is 1. The monoisotopic (exact) mass is 279 g/mol. The molecule has 2 aliphatic carbocycles. The fourth-order valence-electron chi connectivity index (χ4n) is 3.34. The van der Waals surface area contributed by atoms with Gasteiger partial charge in [0.2, 0.25) is 0 Å². The lowest BCUT2D eigenvalue weighted by Crippen LogP contribution is -2.23. The molecule has 0 saturated heterocycles. The molecule has 1 atom stereocenters. The third-order valence-electron chi connectivity index (χ3n) is 4.71. The van der Waals surface area contributed by atoms with E-state index in [4.69, 9.17) is 5.73 Å². The van der Waals surface area contributed by atoms with Crippen molar-refractivity contribution in [3.8, 4) is 0 Å². The molecule has 0 aromatic rings. The molecule has 0 aromatic carbocycles. The number of rotatable bonds is 3. The van der Waals surface area contributed by atoms with Crippen LogP contribution in [0.1, 0.15) is 34.6 Å². The first kappa shape index (κ1) is 15.4. The van der Waals surface area contributed by atoms with Crippen LogP contribution >= 0.6 is 0 Å². The molecule has 110 valence electrons. The summed E-state index contributed by atoms with van der Waals surface area (Å²) in [4.78, 5) is 0. The van der Waals surface area contributed by atoms with Gasteiger partial charge in [-0.25, -0.2) is 0 Å². The molecule has 0 aliphatic heterocycles. The van der Waals surface area contributed by atoms with Gasteiger partial charge in [0.25, 0.3) is 0 Å². The minimum Gasteiger partial charge on any atom is -0.399 e. The molecule has 0 bridgehead atoms. The zero-order valence-corrected chi connectivity index (χ0v) is 13.7. The van der Waals surface area contributed by atoms with Crippen LogP contribution in [0.2, 0.25) is 0 Å². The molecular weight excluding hydrogens is 254 g/mol. The Kier molecular flexibility index (Phi) is 3.95. The van der Waals surface area contributed by atoms with Crippen LogP contribution in [0.25, 0.3) is 0 Å². The lowest BCUT2D eigenvalue weighted by molar-refractivity contribution is 0.616. The van der Waals surface area contributed by atoms with Crippen molar-refractivity contribution >= 4 is 0 Å². The van der Waals surface area contributed by atoms with Crippen molar-refractivity contribution in [1.29, 1.82) is 0 Å². The third kappa shape index (κ3) is 2.17. The number of hydrogen-bond donors (Lipinski definition) is 1. The van der Waals surface area contributed by atoms with Gasteiger partial charge in [0.15, 0.2) is 0 Å². The van der Waals surface area contributed by atoms with Crippen molar-refractivity contribution < 1.29 is 0 Å². The van der Waals surface area contributed by atoms with Gasteiger partial charge in [-0.1, -0.05) is 48.6 Å². The topological polar surface area (TPSA) is 26.0 Å². The van der Waals surface area contributed by atoms with Crippen LogP contribution in [0.3, 0.4) is 0 Å². The van der Waals surface area contributed by atoms with E-state index < -0.39 is 0 Å². The van der Waals surface area contributed by atoms with E-state index in [1.807, 2.05) is 6.92 Å². The quantitative estimate of drug-likeness (QED) is 0.712. The Morgan fingerprint density at radius 1 is 1.33 bits per heavy atom. The van der Waals surface area contributed by atoms with Crippen molar-refractivity contribution in [1.82, 2.24) is 0 Å². The predicted molar refractivity (Wildman–Crippen MR) is 92.6 cm³/mol. The van der Waals surface area contributed by atoms with Gasteiger partial charge in [-0.15, -0.1) is 0 Å². The molecule has 21 heavy (non-hydrogen) atoms. The Labute approximate surface area is 128 Å². The van der Waals surface area contributed by atoms with E-state index in [2.05, 4.69) is 70.7 Å². The zero-order chi connectivity index (χ0) is 15.8. The van der Waals surface area contributed by atoms with Crippen LogP contribution in [-0.4, -0.2) is 0 Å². The van der Waals surface area contributed by atoms with Gasteiger partial charge in [0.1, 0.15) is 0 Å². The van der Waals surface area contributed by atoms with E-state index in [9.17, 15) is 0 Å². The molecule has 1 nitrogen and oxygen atoms in total. The highest BCUT2D eigenvalue weighted by atomic mass is 14.6. The normalized spacial score (nSPS) is 25.8. The first-order chi connectivity index (χ1) is 9.88. The van der Waals surface area contributed by atoms with Crippen LogP contribution in [0.4, 0.5) is 0 Å². The van der Waals surface area contributed by atoms with Gasteiger partial charge in [0.05, 0.1) is 0 Å². The molecule has 2 N–H and O–H groups in total. The summed E-state index contributed by atoms with van der Waals surface area (Å²) in [6.07, 6.45) is 13.0. The minimum atomic E-state index is -0.124. The second-order valence-corrected chi connectivity index (χ2v) is 5.93. The Morgan fingerprint density at radius 2 is 2.00 bits per heavy atom. The molecule has 0 radical (unpaired) electrons. The molecular formula is C20H25N. The van der Waals surface area contributed by atoms with Gasteiger partial charge in [-0.05, 0) is 56.9 Å². The second-order valence-electron chi connectivity index (χ2n) is 5.93. The smallest absolute Gasteiger partial charge is 0.0326 e. The molecule has 0 fully saturated rings. The second kappa shape index (κ2) is 5.40. The van der Waals surface area contributed by atoms with Crippen molar-refractivity contribution in [2.24, 2.45) is 11.1 Å². The fourth-order valence-corrected chi connectivity index (χ4v) is 3.34. The predicted octanol–water partition coefficient (Wildman–Crippen LogP) is 5.13. The molecule has 0 saturated carbocycles. The number of allylic oxidation sites excluding steroid dienone is 11.